The van der Waals surface area contributed by atoms with Crippen molar-refractivity contribution in [3.63, 3.8) is 0 Å². The number of hydrogen-bond donors (Lipinski definition) is 0. The van der Waals surface area contributed by atoms with Gasteiger partial charge in [0.15, 0.2) is 0 Å². The Morgan fingerprint density at radius 1 is 0.633 bits per heavy atom. The van der Waals surface area contributed by atoms with Gasteiger partial charge in [-0.3, -0.25) is 0 Å². The van der Waals surface area contributed by atoms with Gasteiger partial charge in [0.05, 0.1) is 22.1 Å². The van der Waals surface area contributed by atoms with Crippen LogP contribution < -0.4 is 0 Å². The van der Waals surface area contributed by atoms with Crippen LogP contribution in [0.4, 0.5) is 0 Å². The second-order valence-electron chi connectivity index (χ2n) is 15.8. The highest BCUT2D eigenvalue weighted by Gasteiger charge is 2.22. The summed E-state index contributed by atoms with van der Waals surface area (Å²) in [4.78, 5) is 2.55. The average Bonchev–Trinajstić information content (AvgIpc) is 3.94. The van der Waals surface area contributed by atoms with E-state index in [0.717, 1.165) is 17.1 Å². The predicted molar refractivity (Wildman–Crippen MR) is 264 cm³/mol. The monoisotopic (exact) mass is 806 g/mol. The van der Waals surface area contributed by atoms with Crippen molar-refractivity contribution in [3.05, 3.63) is 198 Å². The number of aromatic nitrogens is 2. The molecule has 0 fully saturated rings. The Morgan fingerprint density at radius 2 is 1.30 bits per heavy atom. The van der Waals surface area contributed by atoms with E-state index in [1.807, 2.05) is 17.8 Å². The molecule has 0 spiro atoms. The molecule has 0 bridgehead atoms. The minimum Gasteiger partial charge on any atom is -0.309 e. The Labute approximate surface area is 358 Å². The van der Waals surface area contributed by atoms with Crippen molar-refractivity contribution < 1.29 is 0 Å². The van der Waals surface area contributed by atoms with E-state index in [1.165, 1.54) is 108 Å². The second kappa shape index (κ2) is 14.6. The zero-order chi connectivity index (χ0) is 40.5. The van der Waals surface area contributed by atoms with Crippen molar-refractivity contribution in [2.45, 2.75) is 25.7 Å². The molecule has 60 heavy (non-hydrogen) atoms. The Hall–Kier alpha value is -6.59. The first kappa shape index (κ1) is 36.5. The van der Waals surface area contributed by atoms with E-state index in [0.29, 0.717) is 0 Å². The number of thioether (sulfide) groups is 1. The molecular formula is C56H42N2S2. The third-order valence-electron chi connectivity index (χ3n) is 12.2. The molecule has 10 aromatic rings. The summed E-state index contributed by atoms with van der Waals surface area (Å²) >= 11 is 3.74. The first-order valence-electron chi connectivity index (χ1n) is 20.6. The molecule has 0 aliphatic carbocycles. The van der Waals surface area contributed by atoms with Crippen molar-refractivity contribution in [1.82, 2.24) is 9.13 Å². The van der Waals surface area contributed by atoms with Crippen molar-refractivity contribution in [1.29, 1.82) is 0 Å². The van der Waals surface area contributed by atoms with Crippen molar-refractivity contribution in [2.75, 3.05) is 5.75 Å². The van der Waals surface area contributed by atoms with Crippen LogP contribution in [0.15, 0.2) is 181 Å². The van der Waals surface area contributed by atoms with Gasteiger partial charge in [0.25, 0.3) is 0 Å². The first-order chi connectivity index (χ1) is 29.5. The summed E-state index contributed by atoms with van der Waals surface area (Å²) in [6.45, 7) is 10.8. The lowest BCUT2D eigenvalue weighted by atomic mass is 9.93. The quantitative estimate of drug-likeness (QED) is 0.156. The van der Waals surface area contributed by atoms with Crippen LogP contribution in [0.2, 0.25) is 0 Å². The molecule has 2 nitrogen and oxygen atoms in total. The minimum atomic E-state index is 1.000. The van der Waals surface area contributed by atoms with Gasteiger partial charge in [0, 0.05) is 58.5 Å². The Kier molecular flexibility index (Phi) is 8.88. The molecule has 0 radical (unpaired) electrons. The zero-order valence-corrected chi connectivity index (χ0v) is 35.5. The predicted octanol–water partition coefficient (Wildman–Crippen LogP) is 16.4. The fourth-order valence-corrected chi connectivity index (χ4v) is 11.5. The molecule has 11 rings (SSSR count). The van der Waals surface area contributed by atoms with Gasteiger partial charge in [-0.2, -0.15) is 0 Å². The molecular weight excluding hydrogens is 765 g/mol. The summed E-state index contributed by atoms with van der Waals surface area (Å²) in [6.07, 6.45) is 8.76. The van der Waals surface area contributed by atoms with Crippen LogP contribution in [0.5, 0.6) is 0 Å². The summed E-state index contributed by atoms with van der Waals surface area (Å²) in [6, 6.07) is 56.2. The SMILES string of the molecule is C=Cc1sc2ccc(-c3cc(/C(C)=C/C4=C(C)CSc5ccccc54)cc(-n4c5ccccc5c5c6c7ccccc7n(-c7ccccc7)c6ccc54)c3)cc2c1/C=C\C. The van der Waals surface area contributed by atoms with E-state index in [1.54, 1.807) is 11.3 Å². The summed E-state index contributed by atoms with van der Waals surface area (Å²) in [5.41, 5.74) is 17.2. The van der Waals surface area contributed by atoms with E-state index < -0.39 is 0 Å². The number of nitrogens with zero attached hydrogens (tertiary/aromatic N) is 2. The van der Waals surface area contributed by atoms with Gasteiger partial charge in [-0.25, -0.2) is 0 Å². The fourth-order valence-electron chi connectivity index (χ4n) is 9.40. The van der Waals surface area contributed by atoms with Gasteiger partial charge in [0.2, 0.25) is 0 Å². The lowest BCUT2D eigenvalue weighted by Gasteiger charge is -2.20. The van der Waals surface area contributed by atoms with Crippen LogP contribution >= 0.6 is 23.1 Å². The maximum Gasteiger partial charge on any atom is 0.0548 e. The zero-order valence-electron chi connectivity index (χ0n) is 33.9. The number of fused-ring (bicyclic) bond motifs is 9. The van der Waals surface area contributed by atoms with Crippen molar-refractivity contribution in [3.8, 4) is 22.5 Å². The molecule has 0 saturated carbocycles. The molecule has 0 atom stereocenters. The van der Waals surface area contributed by atoms with E-state index in [2.05, 4.69) is 206 Å². The molecule has 0 amide bonds. The smallest absolute Gasteiger partial charge is 0.0548 e. The Balaban J connectivity index is 1.20. The third kappa shape index (κ3) is 5.77. The highest BCUT2D eigenvalue weighted by atomic mass is 32.2. The number of thiophene rings is 1. The molecule has 4 heterocycles. The number of benzene rings is 7. The summed E-state index contributed by atoms with van der Waals surface area (Å²) in [5, 5.41) is 6.32. The molecule has 0 saturated heterocycles. The molecule has 288 valence electrons. The van der Waals surface area contributed by atoms with E-state index >= 15 is 0 Å². The normalized spacial score (nSPS) is 13.5. The van der Waals surface area contributed by atoms with Gasteiger partial charge < -0.3 is 9.13 Å². The molecule has 1 aliphatic rings. The van der Waals surface area contributed by atoms with Gasteiger partial charge >= 0.3 is 0 Å². The highest BCUT2D eigenvalue weighted by molar-refractivity contribution is 7.99. The van der Waals surface area contributed by atoms with Crippen LogP contribution in [-0.4, -0.2) is 14.9 Å². The third-order valence-corrected chi connectivity index (χ3v) is 14.6. The Morgan fingerprint density at radius 3 is 2.02 bits per heavy atom. The first-order valence-corrected chi connectivity index (χ1v) is 22.4. The van der Waals surface area contributed by atoms with Gasteiger partial charge in [-0.15, -0.1) is 23.1 Å². The lowest BCUT2D eigenvalue weighted by molar-refractivity contribution is 1.17. The van der Waals surface area contributed by atoms with Gasteiger partial charge in [-0.05, 0) is 133 Å². The number of allylic oxidation sites excluding steroid dienone is 4. The van der Waals surface area contributed by atoms with Crippen LogP contribution in [-0.2, 0) is 0 Å². The van der Waals surface area contributed by atoms with Crippen LogP contribution in [0.25, 0.3) is 99.5 Å². The molecule has 0 unspecified atom stereocenters. The standard InChI is InChI=1S/C56H42N2S2/c1-5-16-42-47-33-37(25-28-54(47)60-52(42)6-2)39-30-38(35(3)29-46-36(4)34-59-53-24-15-12-19-43(46)53)31-41(32-39)58-49-23-14-11-21-45(49)56-51(58)27-26-50-55(56)44-20-10-13-22-48(44)57(50)40-17-8-7-9-18-40/h5-33H,2,34H2,1,3-4H3/b16-5-,35-29+. The summed E-state index contributed by atoms with van der Waals surface area (Å²) in [7, 11) is 0. The molecule has 1 aliphatic heterocycles. The van der Waals surface area contributed by atoms with Gasteiger partial charge in [0.1, 0.15) is 0 Å². The highest BCUT2D eigenvalue weighted by Crippen LogP contribution is 2.44. The van der Waals surface area contributed by atoms with Crippen LogP contribution in [0.3, 0.4) is 0 Å². The minimum absolute atomic E-state index is 1.000. The molecule has 7 aromatic carbocycles. The fraction of sp³-hybridized carbons (Fsp3) is 0.0714. The van der Waals surface area contributed by atoms with E-state index in [4.69, 9.17) is 0 Å². The molecule has 4 heteroatoms. The van der Waals surface area contributed by atoms with E-state index in [-0.39, 0.29) is 0 Å². The molecule has 0 N–H and O–H groups in total. The van der Waals surface area contributed by atoms with Crippen LogP contribution in [0.1, 0.15) is 42.3 Å². The van der Waals surface area contributed by atoms with E-state index in [9.17, 15) is 0 Å². The van der Waals surface area contributed by atoms with Gasteiger partial charge in [-0.1, -0.05) is 115 Å². The van der Waals surface area contributed by atoms with Crippen molar-refractivity contribution >= 4 is 100 Å². The second-order valence-corrected chi connectivity index (χ2v) is 17.9. The number of para-hydroxylation sites is 3. The number of hydrogen-bond acceptors (Lipinski definition) is 2. The average molecular weight is 807 g/mol. The summed E-state index contributed by atoms with van der Waals surface area (Å²) in [5.74, 6) is 1.000. The van der Waals surface area contributed by atoms with Crippen LogP contribution in [0, 0.1) is 0 Å². The Bertz CT molecular complexity index is 3470. The summed E-state index contributed by atoms with van der Waals surface area (Å²) < 4.78 is 6.19. The largest absolute Gasteiger partial charge is 0.309 e. The topological polar surface area (TPSA) is 9.86 Å². The lowest BCUT2D eigenvalue weighted by Crippen LogP contribution is -2.00. The molecule has 3 aromatic heterocycles. The maximum absolute atomic E-state index is 4.15. The maximum atomic E-state index is 4.15. The van der Waals surface area contributed by atoms with Crippen molar-refractivity contribution in [2.24, 2.45) is 0 Å². The number of rotatable bonds is 7.